The maximum Gasteiger partial charge on any atom is 0.142 e. The minimum Gasteiger partial charge on any atom is -0.372 e. The Morgan fingerprint density at radius 1 is 1.25 bits per heavy atom. The van der Waals surface area contributed by atoms with E-state index in [-0.39, 0.29) is 0 Å². The highest BCUT2D eigenvalue weighted by Gasteiger charge is 2.09. The van der Waals surface area contributed by atoms with Gasteiger partial charge in [0.25, 0.3) is 0 Å². The third-order valence-corrected chi connectivity index (χ3v) is 5.12. The molecule has 3 rings (SSSR count). The summed E-state index contributed by atoms with van der Waals surface area (Å²) in [5.74, 6) is 2.40. The van der Waals surface area contributed by atoms with E-state index in [1.807, 2.05) is 42.8 Å². The highest BCUT2D eigenvalue weighted by molar-refractivity contribution is 7.98. The van der Waals surface area contributed by atoms with Gasteiger partial charge in [-0.15, -0.1) is 23.1 Å². The van der Waals surface area contributed by atoms with E-state index in [0.29, 0.717) is 5.75 Å². The Hall–Kier alpha value is -1.30. The van der Waals surface area contributed by atoms with Crippen molar-refractivity contribution in [3.63, 3.8) is 0 Å². The second-order valence-corrected chi connectivity index (χ2v) is 6.42. The highest BCUT2D eigenvalue weighted by atomic mass is 35.5. The zero-order chi connectivity index (χ0) is 13.9. The van der Waals surface area contributed by atoms with Gasteiger partial charge in [-0.25, -0.2) is 9.97 Å². The molecule has 1 aromatic carbocycles. The number of nitrogens with zero attached hydrogens (tertiary/aromatic N) is 2. The molecule has 2 aromatic heterocycles. The lowest BCUT2D eigenvalue weighted by Gasteiger charge is -2.06. The van der Waals surface area contributed by atoms with Gasteiger partial charge in [-0.1, -0.05) is 23.7 Å². The van der Waals surface area contributed by atoms with Crippen molar-refractivity contribution in [2.24, 2.45) is 0 Å². The lowest BCUT2D eigenvalue weighted by molar-refractivity contribution is 1.07. The molecular weight excluding hydrogens is 310 g/mol. The van der Waals surface area contributed by atoms with Crippen LogP contribution in [0, 0.1) is 0 Å². The van der Waals surface area contributed by atoms with Gasteiger partial charge in [0.2, 0.25) is 0 Å². The van der Waals surface area contributed by atoms with E-state index in [0.717, 1.165) is 31.8 Å². The molecule has 0 amide bonds. The van der Waals surface area contributed by atoms with Crippen molar-refractivity contribution in [2.45, 2.75) is 10.6 Å². The fourth-order valence-electron chi connectivity index (χ4n) is 1.86. The zero-order valence-electron chi connectivity index (χ0n) is 10.8. The Kier molecular flexibility index (Phi) is 4.10. The molecule has 0 aliphatic rings. The molecule has 6 heteroatoms. The maximum atomic E-state index is 6.15. The number of benzene rings is 1. The van der Waals surface area contributed by atoms with Gasteiger partial charge in [0.15, 0.2) is 0 Å². The summed E-state index contributed by atoms with van der Waals surface area (Å²) in [5, 5.41) is 7.00. The van der Waals surface area contributed by atoms with Crippen molar-refractivity contribution in [1.82, 2.24) is 9.97 Å². The number of hydrogen-bond donors (Lipinski definition) is 1. The van der Waals surface area contributed by atoms with Crippen molar-refractivity contribution in [3.05, 3.63) is 46.6 Å². The average molecular weight is 322 g/mol. The molecule has 0 saturated heterocycles. The molecule has 0 fully saturated rings. The van der Waals surface area contributed by atoms with Crippen LogP contribution in [0.2, 0.25) is 5.02 Å². The third-order valence-electron chi connectivity index (χ3n) is 2.80. The summed E-state index contributed by atoms with van der Waals surface area (Å²) in [5.41, 5.74) is 0. The molecule has 20 heavy (non-hydrogen) atoms. The Labute approximate surface area is 130 Å². The number of nitrogens with one attached hydrogen (secondary N) is 1. The summed E-state index contributed by atoms with van der Waals surface area (Å²) in [7, 11) is 1.88. The van der Waals surface area contributed by atoms with E-state index >= 15 is 0 Å². The van der Waals surface area contributed by atoms with Crippen molar-refractivity contribution >= 4 is 50.7 Å². The number of hydrogen-bond acceptors (Lipinski definition) is 5. The molecule has 3 nitrogen and oxygen atoms in total. The van der Waals surface area contributed by atoms with Gasteiger partial charge in [0.05, 0.1) is 16.2 Å². The second-order valence-electron chi connectivity index (χ2n) is 4.10. The molecular formula is C14H12ClN3S2. The number of fused-ring (bicyclic) bond motifs is 1. The fraction of sp³-hybridized carbons (Fsp3) is 0.143. The van der Waals surface area contributed by atoms with Gasteiger partial charge in [0, 0.05) is 11.9 Å². The van der Waals surface area contributed by atoms with Crippen LogP contribution in [0.4, 0.5) is 5.82 Å². The summed E-state index contributed by atoms with van der Waals surface area (Å²) >= 11 is 9.43. The molecule has 0 saturated carbocycles. The average Bonchev–Trinajstić information content (AvgIpc) is 2.94. The largest absolute Gasteiger partial charge is 0.372 e. The quantitative estimate of drug-likeness (QED) is 0.708. The molecule has 102 valence electrons. The monoisotopic (exact) mass is 321 g/mol. The predicted octanol–water partition coefficient (Wildman–Crippen LogP) is 4.68. The van der Waals surface area contributed by atoms with E-state index in [4.69, 9.17) is 11.6 Å². The predicted molar refractivity (Wildman–Crippen MR) is 88.0 cm³/mol. The Morgan fingerprint density at radius 2 is 2.10 bits per heavy atom. The first-order chi connectivity index (χ1) is 9.78. The summed E-state index contributed by atoms with van der Waals surface area (Å²) in [6, 6.07) is 9.86. The third kappa shape index (κ3) is 2.75. The minimum absolute atomic E-state index is 0.701. The zero-order valence-corrected chi connectivity index (χ0v) is 13.1. The van der Waals surface area contributed by atoms with E-state index in [2.05, 4.69) is 15.3 Å². The molecule has 0 aliphatic heterocycles. The molecule has 0 bridgehead atoms. The Bertz CT molecular complexity index is 742. The lowest BCUT2D eigenvalue weighted by atomic mass is 10.4. The number of thioether (sulfide) groups is 1. The fourth-order valence-corrected chi connectivity index (χ4v) is 3.74. The molecule has 2 heterocycles. The number of halogens is 1. The van der Waals surface area contributed by atoms with Crippen LogP contribution in [0.3, 0.4) is 0 Å². The highest BCUT2D eigenvalue weighted by Crippen LogP contribution is 2.30. The minimum atomic E-state index is 0.701. The van der Waals surface area contributed by atoms with Gasteiger partial charge in [-0.3, -0.25) is 0 Å². The van der Waals surface area contributed by atoms with Gasteiger partial charge in [-0.05, 0) is 23.6 Å². The van der Waals surface area contributed by atoms with Crippen LogP contribution in [-0.4, -0.2) is 17.0 Å². The van der Waals surface area contributed by atoms with Crippen LogP contribution < -0.4 is 5.32 Å². The van der Waals surface area contributed by atoms with Crippen molar-refractivity contribution in [1.29, 1.82) is 0 Å². The molecule has 0 radical (unpaired) electrons. The molecule has 0 atom stereocenters. The first-order valence-corrected chi connectivity index (χ1v) is 8.31. The van der Waals surface area contributed by atoms with Crippen LogP contribution in [0.25, 0.3) is 10.2 Å². The number of aromatic nitrogens is 2. The molecule has 1 N–H and O–H groups in total. The number of anilines is 1. The lowest BCUT2D eigenvalue weighted by Crippen LogP contribution is -1.99. The second kappa shape index (κ2) is 5.99. The standard InChI is InChI=1S/C14H12ClN3S2/c1-16-13-9-6-7-19-14(9)18-12(17-13)8-20-11-5-3-2-4-10(11)15/h2-7H,8H2,1H3,(H,16,17,18). The molecule has 3 aromatic rings. The summed E-state index contributed by atoms with van der Waals surface area (Å²) in [4.78, 5) is 11.2. The molecule has 0 aliphatic carbocycles. The Morgan fingerprint density at radius 3 is 2.90 bits per heavy atom. The van der Waals surface area contributed by atoms with Crippen LogP contribution in [-0.2, 0) is 5.75 Å². The van der Waals surface area contributed by atoms with Crippen molar-refractivity contribution in [2.75, 3.05) is 12.4 Å². The van der Waals surface area contributed by atoms with E-state index < -0.39 is 0 Å². The molecule has 0 spiro atoms. The van der Waals surface area contributed by atoms with Crippen molar-refractivity contribution < 1.29 is 0 Å². The maximum absolute atomic E-state index is 6.15. The van der Waals surface area contributed by atoms with Gasteiger partial charge < -0.3 is 5.32 Å². The summed E-state index contributed by atoms with van der Waals surface area (Å²) in [6.07, 6.45) is 0. The van der Waals surface area contributed by atoms with Crippen molar-refractivity contribution in [3.8, 4) is 0 Å². The SMILES string of the molecule is CNc1nc(CSc2ccccc2Cl)nc2sccc12. The van der Waals surface area contributed by atoms with Crippen LogP contribution in [0.1, 0.15) is 5.82 Å². The first-order valence-electron chi connectivity index (χ1n) is 6.07. The van der Waals surface area contributed by atoms with Crippen LogP contribution in [0.5, 0.6) is 0 Å². The van der Waals surface area contributed by atoms with E-state index in [1.54, 1.807) is 23.1 Å². The van der Waals surface area contributed by atoms with E-state index in [1.165, 1.54) is 0 Å². The molecule has 0 unspecified atom stereocenters. The normalized spacial score (nSPS) is 10.9. The summed E-state index contributed by atoms with van der Waals surface area (Å²) < 4.78 is 0. The van der Waals surface area contributed by atoms with Crippen LogP contribution in [0.15, 0.2) is 40.6 Å². The Balaban J connectivity index is 1.86. The summed E-state index contributed by atoms with van der Waals surface area (Å²) in [6.45, 7) is 0. The van der Waals surface area contributed by atoms with Gasteiger partial charge >= 0.3 is 0 Å². The van der Waals surface area contributed by atoms with Gasteiger partial charge in [-0.2, -0.15) is 0 Å². The first kappa shape index (κ1) is 13.7. The smallest absolute Gasteiger partial charge is 0.142 e. The van der Waals surface area contributed by atoms with Gasteiger partial charge in [0.1, 0.15) is 16.5 Å². The van der Waals surface area contributed by atoms with E-state index in [9.17, 15) is 0 Å². The topological polar surface area (TPSA) is 37.8 Å². The number of rotatable bonds is 4. The van der Waals surface area contributed by atoms with Crippen LogP contribution >= 0.6 is 34.7 Å². The number of thiophene rings is 1.